The Morgan fingerprint density at radius 1 is 1.38 bits per heavy atom. The molecule has 0 aromatic heterocycles. The van der Waals surface area contributed by atoms with E-state index in [9.17, 15) is 18.4 Å². The number of carboxylic acid groups (broad SMARTS) is 1. The highest BCUT2D eigenvalue weighted by atomic mass is 19.3. The van der Waals surface area contributed by atoms with Crippen LogP contribution in [0.1, 0.15) is 17.3 Å². The van der Waals surface area contributed by atoms with Crippen LogP contribution in [0.5, 0.6) is 5.75 Å². The molecule has 1 aromatic carbocycles. The first-order valence-electron chi connectivity index (χ1n) is 6.45. The van der Waals surface area contributed by atoms with E-state index in [2.05, 4.69) is 4.74 Å². The van der Waals surface area contributed by atoms with Crippen molar-refractivity contribution in [3.8, 4) is 5.75 Å². The number of ether oxygens (including phenoxy) is 1. The minimum Gasteiger partial charge on any atom is -0.481 e. The topological polar surface area (TPSA) is 66.8 Å². The van der Waals surface area contributed by atoms with E-state index in [1.165, 1.54) is 29.2 Å². The summed E-state index contributed by atoms with van der Waals surface area (Å²) in [5, 5.41) is 8.89. The third-order valence-electron chi connectivity index (χ3n) is 3.60. The number of aliphatic carboxylic acids is 1. The summed E-state index contributed by atoms with van der Waals surface area (Å²) in [4.78, 5) is 24.5. The molecule has 1 saturated heterocycles. The van der Waals surface area contributed by atoms with Crippen LogP contribution >= 0.6 is 0 Å². The molecular formula is C14H15F2NO4. The van der Waals surface area contributed by atoms with Gasteiger partial charge in [-0.1, -0.05) is 13.0 Å². The van der Waals surface area contributed by atoms with Gasteiger partial charge in [-0.2, -0.15) is 8.78 Å². The Hall–Kier alpha value is -2.18. The predicted octanol–water partition coefficient (Wildman–Crippen LogP) is 2.08. The van der Waals surface area contributed by atoms with Crippen LogP contribution < -0.4 is 4.74 Å². The summed E-state index contributed by atoms with van der Waals surface area (Å²) >= 11 is 0. The highest BCUT2D eigenvalue weighted by molar-refractivity contribution is 5.95. The molecule has 1 atom stereocenters. The summed E-state index contributed by atoms with van der Waals surface area (Å²) in [6, 6.07) is 5.56. The van der Waals surface area contributed by atoms with Crippen LogP contribution in [0.3, 0.4) is 0 Å². The van der Waals surface area contributed by atoms with Crippen LogP contribution in [0.15, 0.2) is 24.3 Å². The van der Waals surface area contributed by atoms with Crippen LogP contribution in [-0.4, -0.2) is 41.6 Å². The van der Waals surface area contributed by atoms with E-state index >= 15 is 0 Å². The maximum absolute atomic E-state index is 12.1. The molecule has 1 aliphatic rings. The lowest BCUT2D eigenvalue weighted by molar-refractivity contribution is -0.144. The normalized spacial score (nSPS) is 16.5. The number of hydrogen-bond donors (Lipinski definition) is 1. The van der Waals surface area contributed by atoms with E-state index in [-0.39, 0.29) is 23.1 Å². The Morgan fingerprint density at radius 3 is 2.62 bits per heavy atom. The van der Waals surface area contributed by atoms with E-state index < -0.39 is 18.5 Å². The maximum atomic E-state index is 12.1. The van der Waals surface area contributed by atoms with E-state index in [0.29, 0.717) is 13.1 Å². The lowest BCUT2D eigenvalue weighted by Crippen LogP contribution is -2.53. The summed E-state index contributed by atoms with van der Waals surface area (Å²) in [5.74, 6) is -1.87. The lowest BCUT2D eigenvalue weighted by Gasteiger charge is -2.41. The summed E-state index contributed by atoms with van der Waals surface area (Å²) in [7, 11) is 0. The predicted molar refractivity (Wildman–Crippen MR) is 69.3 cm³/mol. The second-order valence-corrected chi connectivity index (χ2v) is 5.00. The maximum Gasteiger partial charge on any atom is 0.387 e. The molecule has 1 aromatic rings. The first-order chi connectivity index (χ1) is 9.88. The molecule has 1 N–H and O–H groups in total. The number of halogens is 2. The third-order valence-corrected chi connectivity index (χ3v) is 3.60. The molecule has 1 heterocycles. The Kier molecular flexibility index (Phi) is 4.40. The van der Waals surface area contributed by atoms with Crippen molar-refractivity contribution in [3.63, 3.8) is 0 Å². The first-order valence-corrected chi connectivity index (χ1v) is 6.45. The van der Waals surface area contributed by atoms with Crippen molar-refractivity contribution in [2.45, 2.75) is 13.5 Å². The van der Waals surface area contributed by atoms with E-state index in [0.717, 1.165) is 0 Å². The molecule has 0 bridgehead atoms. The van der Waals surface area contributed by atoms with Crippen molar-refractivity contribution >= 4 is 11.9 Å². The monoisotopic (exact) mass is 299 g/mol. The Bertz CT molecular complexity index is 544. The van der Waals surface area contributed by atoms with Gasteiger partial charge < -0.3 is 14.7 Å². The van der Waals surface area contributed by atoms with Crippen molar-refractivity contribution in [3.05, 3.63) is 29.8 Å². The zero-order chi connectivity index (χ0) is 15.6. The fourth-order valence-corrected chi connectivity index (χ4v) is 2.18. The number of likely N-dealkylation sites (tertiary alicyclic amines) is 1. The fraction of sp³-hybridized carbons (Fsp3) is 0.429. The van der Waals surface area contributed by atoms with Crippen LogP contribution in [0.2, 0.25) is 0 Å². The van der Waals surface area contributed by atoms with Crippen molar-refractivity contribution in [1.29, 1.82) is 0 Å². The molecule has 0 aliphatic carbocycles. The molecular weight excluding hydrogens is 284 g/mol. The fourth-order valence-electron chi connectivity index (χ4n) is 2.18. The summed E-state index contributed by atoms with van der Waals surface area (Å²) in [6.45, 7) is -0.634. The molecule has 21 heavy (non-hydrogen) atoms. The van der Waals surface area contributed by atoms with Crippen molar-refractivity contribution in [1.82, 2.24) is 4.90 Å². The Labute approximate surface area is 120 Å². The third kappa shape index (κ3) is 3.48. The molecule has 0 saturated carbocycles. The SMILES string of the molecule is CC(C(=O)O)C1CN(C(=O)c2cccc(OC(F)F)c2)C1. The van der Waals surface area contributed by atoms with Crippen LogP contribution in [0, 0.1) is 11.8 Å². The minimum atomic E-state index is -2.94. The van der Waals surface area contributed by atoms with Gasteiger partial charge in [-0.25, -0.2) is 0 Å². The van der Waals surface area contributed by atoms with E-state index in [4.69, 9.17) is 5.11 Å². The largest absolute Gasteiger partial charge is 0.481 e. The number of carbonyl (C=O) groups is 2. The second-order valence-electron chi connectivity index (χ2n) is 5.00. The van der Waals surface area contributed by atoms with Gasteiger partial charge in [-0.3, -0.25) is 9.59 Å². The number of rotatable bonds is 5. The number of alkyl halides is 2. The van der Waals surface area contributed by atoms with Gasteiger partial charge in [0.25, 0.3) is 5.91 Å². The number of nitrogens with zero attached hydrogens (tertiary/aromatic N) is 1. The minimum absolute atomic E-state index is 0.0769. The van der Waals surface area contributed by atoms with Gasteiger partial charge in [0.1, 0.15) is 5.75 Å². The molecule has 0 radical (unpaired) electrons. The van der Waals surface area contributed by atoms with Crippen LogP contribution in [0.4, 0.5) is 8.78 Å². The summed E-state index contributed by atoms with van der Waals surface area (Å²) in [6.07, 6.45) is 0. The standard InChI is InChI=1S/C14H15F2NO4/c1-8(13(19)20)10-6-17(7-10)12(18)9-3-2-4-11(5-9)21-14(15)16/h2-5,8,10,14H,6-7H2,1H3,(H,19,20). The molecule has 0 spiro atoms. The van der Waals surface area contributed by atoms with Gasteiger partial charge in [0, 0.05) is 24.6 Å². The number of hydrogen-bond acceptors (Lipinski definition) is 3. The van der Waals surface area contributed by atoms with Crippen molar-refractivity contribution < 1.29 is 28.2 Å². The highest BCUT2D eigenvalue weighted by Crippen LogP contribution is 2.26. The van der Waals surface area contributed by atoms with Gasteiger partial charge in [0.2, 0.25) is 0 Å². The first kappa shape index (κ1) is 15.2. The van der Waals surface area contributed by atoms with Crippen molar-refractivity contribution in [2.24, 2.45) is 11.8 Å². The summed E-state index contributed by atoms with van der Waals surface area (Å²) in [5.41, 5.74) is 0.245. The van der Waals surface area contributed by atoms with Gasteiger partial charge in [-0.15, -0.1) is 0 Å². The molecule has 1 unspecified atom stereocenters. The van der Waals surface area contributed by atoms with Crippen LogP contribution in [0.25, 0.3) is 0 Å². The van der Waals surface area contributed by atoms with E-state index in [1.807, 2.05) is 0 Å². The molecule has 114 valence electrons. The number of benzene rings is 1. The number of carboxylic acids is 1. The van der Waals surface area contributed by atoms with Crippen LogP contribution in [-0.2, 0) is 4.79 Å². The molecule has 5 nitrogen and oxygen atoms in total. The Balaban J connectivity index is 1.98. The van der Waals surface area contributed by atoms with Gasteiger partial charge in [0.15, 0.2) is 0 Å². The highest BCUT2D eigenvalue weighted by Gasteiger charge is 2.37. The average Bonchev–Trinajstić information content (AvgIpc) is 2.36. The zero-order valence-corrected chi connectivity index (χ0v) is 11.3. The summed E-state index contributed by atoms with van der Waals surface area (Å²) < 4.78 is 28.5. The lowest BCUT2D eigenvalue weighted by atomic mass is 9.86. The van der Waals surface area contributed by atoms with E-state index in [1.54, 1.807) is 6.92 Å². The van der Waals surface area contributed by atoms with Gasteiger partial charge >= 0.3 is 12.6 Å². The molecule has 1 amide bonds. The molecule has 1 aliphatic heterocycles. The zero-order valence-electron chi connectivity index (χ0n) is 11.3. The Morgan fingerprint density at radius 2 is 2.05 bits per heavy atom. The second kappa shape index (κ2) is 6.07. The molecule has 2 rings (SSSR count). The average molecular weight is 299 g/mol. The van der Waals surface area contributed by atoms with Gasteiger partial charge in [0.05, 0.1) is 5.92 Å². The van der Waals surface area contributed by atoms with Crippen molar-refractivity contribution in [2.75, 3.05) is 13.1 Å². The smallest absolute Gasteiger partial charge is 0.387 e. The quantitative estimate of drug-likeness (QED) is 0.904. The van der Waals surface area contributed by atoms with Gasteiger partial charge in [-0.05, 0) is 18.2 Å². The molecule has 1 fully saturated rings. The number of amides is 1. The molecule has 7 heteroatoms. The number of carbonyl (C=O) groups excluding carboxylic acids is 1.